The first-order valence-electron chi connectivity index (χ1n) is 7.18. The van der Waals surface area contributed by atoms with Crippen LogP contribution in [0.4, 0.5) is 9.52 Å². The van der Waals surface area contributed by atoms with Crippen LogP contribution in [0.2, 0.25) is 0 Å². The number of carbonyl (C=O) groups excluding carboxylic acids is 1. The molecule has 1 fully saturated rings. The highest BCUT2D eigenvalue weighted by Crippen LogP contribution is 2.35. The first-order valence-corrected chi connectivity index (χ1v) is 8.06. The first-order chi connectivity index (χ1) is 10.7. The predicted molar refractivity (Wildman–Crippen MR) is 83.4 cm³/mol. The average Bonchev–Trinajstić information content (AvgIpc) is 3.03. The van der Waals surface area contributed by atoms with Gasteiger partial charge in [0.2, 0.25) is 5.91 Å². The van der Waals surface area contributed by atoms with E-state index in [0.29, 0.717) is 36.8 Å². The minimum Gasteiger partial charge on any atom is -0.301 e. The number of carbonyl (C=O) groups is 1. The minimum atomic E-state index is -1.39. The van der Waals surface area contributed by atoms with Gasteiger partial charge in [0, 0.05) is 30.9 Å². The van der Waals surface area contributed by atoms with Gasteiger partial charge in [-0.3, -0.25) is 14.7 Å². The Morgan fingerprint density at radius 2 is 2.14 bits per heavy atom. The van der Waals surface area contributed by atoms with E-state index in [1.807, 2.05) is 4.90 Å². The maximum absolute atomic E-state index is 14.9. The van der Waals surface area contributed by atoms with Gasteiger partial charge in [0.1, 0.15) is 0 Å². The van der Waals surface area contributed by atoms with Crippen LogP contribution in [0.15, 0.2) is 36.0 Å². The Bertz CT molecular complexity index is 612. The number of rotatable bonds is 4. The molecule has 3 rings (SSSR count). The highest BCUT2D eigenvalue weighted by molar-refractivity contribution is 7.13. The van der Waals surface area contributed by atoms with E-state index < -0.39 is 5.67 Å². The molecule has 0 aliphatic carbocycles. The van der Waals surface area contributed by atoms with Crippen LogP contribution >= 0.6 is 11.3 Å². The van der Waals surface area contributed by atoms with E-state index in [2.05, 4.69) is 15.3 Å². The fourth-order valence-electron chi connectivity index (χ4n) is 2.60. The highest BCUT2D eigenvalue weighted by Gasteiger charge is 2.37. The molecule has 2 aromatic heterocycles. The van der Waals surface area contributed by atoms with E-state index in [1.165, 1.54) is 11.3 Å². The van der Waals surface area contributed by atoms with Crippen molar-refractivity contribution in [3.8, 4) is 0 Å². The molecule has 22 heavy (non-hydrogen) atoms. The maximum atomic E-state index is 14.9. The van der Waals surface area contributed by atoms with Crippen molar-refractivity contribution in [2.75, 3.05) is 25.0 Å². The molecule has 0 spiro atoms. The lowest BCUT2D eigenvalue weighted by molar-refractivity contribution is -0.118. The Morgan fingerprint density at radius 1 is 1.32 bits per heavy atom. The van der Waals surface area contributed by atoms with Crippen molar-refractivity contribution in [1.29, 1.82) is 0 Å². The molecule has 0 aromatic carbocycles. The molecule has 2 aromatic rings. The summed E-state index contributed by atoms with van der Waals surface area (Å²) in [6.45, 7) is 1.34. The second-order valence-electron chi connectivity index (χ2n) is 5.34. The number of likely N-dealkylation sites (tertiary alicyclic amines) is 1. The van der Waals surface area contributed by atoms with Gasteiger partial charge in [-0.2, -0.15) is 0 Å². The maximum Gasteiger partial charge on any atom is 0.240 e. The largest absolute Gasteiger partial charge is 0.301 e. The number of thiazole rings is 1. The number of hydrogen-bond acceptors (Lipinski definition) is 5. The van der Waals surface area contributed by atoms with E-state index in [-0.39, 0.29) is 12.5 Å². The van der Waals surface area contributed by atoms with Gasteiger partial charge >= 0.3 is 0 Å². The van der Waals surface area contributed by atoms with Gasteiger partial charge in [0.05, 0.1) is 12.2 Å². The lowest BCUT2D eigenvalue weighted by atomic mass is 9.89. The summed E-state index contributed by atoms with van der Waals surface area (Å²) in [6, 6.07) is 5.31. The molecule has 1 amide bonds. The summed E-state index contributed by atoms with van der Waals surface area (Å²) in [5, 5.41) is 5.14. The molecule has 1 saturated heterocycles. The number of alkyl halides is 1. The van der Waals surface area contributed by atoms with Gasteiger partial charge in [0.15, 0.2) is 10.8 Å². The lowest BCUT2D eigenvalue weighted by Crippen LogP contribution is -2.43. The van der Waals surface area contributed by atoms with Crippen molar-refractivity contribution in [1.82, 2.24) is 14.9 Å². The summed E-state index contributed by atoms with van der Waals surface area (Å²) < 4.78 is 14.9. The summed E-state index contributed by atoms with van der Waals surface area (Å²) in [4.78, 5) is 22.0. The lowest BCUT2D eigenvalue weighted by Gasteiger charge is -2.35. The minimum absolute atomic E-state index is 0.112. The fraction of sp³-hybridized carbons (Fsp3) is 0.400. The van der Waals surface area contributed by atoms with E-state index in [1.54, 1.807) is 36.0 Å². The van der Waals surface area contributed by atoms with Gasteiger partial charge in [0.25, 0.3) is 0 Å². The molecule has 7 heteroatoms. The molecule has 3 heterocycles. The first kappa shape index (κ1) is 15.1. The monoisotopic (exact) mass is 320 g/mol. The van der Waals surface area contributed by atoms with E-state index in [4.69, 9.17) is 0 Å². The average molecular weight is 320 g/mol. The second-order valence-corrected chi connectivity index (χ2v) is 6.24. The molecule has 116 valence electrons. The molecule has 0 unspecified atom stereocenters. The summed E-state index contributed by atoms with van der Waals surface area (Å²) >= 11 is 1.38. The number of halogens is 1. The van der Waals surface area contributed by atoms with Gasteiger partial charge in [-0.25, -0.2) is 9.37 Å². The summed E-state index contributed by atoms with van der Waals surface area (Å²) in [6.07, 6.45) is 3.97. The van der Waals surface area contributed by atoms with Crippen molar-refractivity contribution in [2.45, 2.75) is 18.5 Å². The quantitative estimate of drug-likeness (QED) is 0.940. The smallest absolute Gasteiger partial charge is 0.240 e. The topological polar surface area (TPSA) is 58.1 Å². The molecular weight excluding hydrogens is 303 g/mol. The summed E-state index contributed by atoms with van der Waals surface area (Å²) in [5.74, 6) is -0.112. The molecule has 1 aliphatic rings. The van der Waals surface area contributed by atoms with Crippen LogP contribution in [0.1, 0.15) is 18.5 Å². The van der Waals surface area contributed by atoms with Gasteiger partial charge < -0.3 is 5.32 Å². The zero-order valence-electron chi connectivity index (χ0n) is 12.0. The SMILES string of the molecule is O=C(CN1CCC(F)(c2ccccn2)CC1)Nc1nccs1. The van der Waals surface area contributed by atoms with E-state index in [9.17, 15) is 9.18 Å². The van der Waals surface area contributed by atoms with E-state index in [0.717, 1.165) is 0 Å². The Morgan fingerprint density at radius 3 is 2.77 bits per heavy atom. The second kappa shape index (κ2) is 6.50. The number of pyridine rings is 1. The molecule has 0 atom stereocenters. The van der Waals surface area contributed by atoms with Crippen molar-refractivity contribution >= 4 is 22.4 Å². The number of hydrogen-bond donors (Lipinski definition) is 1. The third kappa shape index (κ3) is 3.48. The van der Waals surface area contributed by atoms with Crippen LogP contribution < -0.4 is 5.32 Å². The van der Waals surface area contributed by atoms with Crippen LogP contribution in [0.25, 0.3) is 0 Å². The molecule has 0 bridgehead atoms. The summed E-state index contributed by atoms with van der Waals surface area (Å²) in [7, 11) is 0. The Balaban J connectivity index is 1.52. The number of amides is 1. The standard InChI is InChI=1S/C15H17FN4OS/c16-15(12-3-1-2-6-17-12)4-8-20(9-5-15)11-13(21)19-14-18-7-10-22-14/h1-3,6-7,10H,4-5,8-9,11H2,(H,18,19,21). The zero-order chi connectivity index (χ0) is 15.4. The summed E-state index contributed by atoms with van der Waals surface area (Å²) in [5.41, 5.74) is -0.898. The zero-order valence-corrected chi connectivity index (χ0v) is 12.9. The van der Waals surface area contributed by atoms with Crippen molar-refractivity contribution < 1.29 is 9.18 Å². The van der Waals surface area contributed by atoms with Gasteiger partial charge in [-0.1, -0.05) is 6.07 Å². The van der Waals surface area contributed by atoms with Crippen molar-refractivity contribution in [2.24, 2.45) is 0 Å². The molecule has 5 nitrogen and oxygen atoms in total. The van der Waals surface area contributed by atoms with Gasteiger partial charge in [-0.15, -0.1) is 11.3 Å². The molecule has 0 radical (unpaired) electrons. The number of nitrogens with one attached hydrogen (secondary N) is 1. The van der Waals surface area contributed by atoms with Gasteiger partial charge in [-0.05, 0) is 25.0 Å². The van der Waals surface area contributed by atoms with E-state index >= 15 is 0 Å². The number of nitrogens with zero attached hydrogens (tertiary/aromatic N) is 3. The van der Waals surface area contributed by atoms with Crippen LogP contribution in [-0.4, -0.2) is 40.4 Å². The molecule has 1 N–H and O–H groups in total. The van der Waals surface area contributed by atoms with Crippen LogP contribution in [0, 0.1) is 0 Å². The van der Waals surface area contributed by atoms with Crippen molar-refractivity contribution in [3.05, 3.63) is 41.7 Å². The van der Waals surface area contributed by atoms with Crippen LogP contribution in [0.3, 0.4) is 0 Å². The highest BCUT2D eigenvalue weighted by atomic mass is 32.1. The number of piperidine rings is 1. The molecular formula is C15H17FN4OS. The molecule has 1 aliphatic heterocycles. The normalized spacial score (nSPS) is 18.0. The van der Waals surface area contributed by atoms with Crippen LogP contribution in [-0.2, 0) is 10.5 Å². The van der Waals surface area contributed by atoms with Crippen molar-refractivity contribution in [3.63, 3.8) is 0 Å². The fourth-order valence-corrected chi connectivity index (χ4v) is 3.14. The van der Waals surface area contributed by atoms with Crippen LogP contribution in [0.5, 0.6) is 0 Å². The third-order valence-electron chi connectivity index (χ3n) is 3.82. The number of aromatic nitrogens is 2. The Hall–Kier alpha value is -1.86. The number of anilines is 1. The molecule has 0 saturated carbocycles. The predicted octanol–water partition coefficient (Wildman–Crippen LogP) is 2.44. The third-order valence-corrected chi connectivity index (χ3v) is 4.51. The Labute approximate surface area is 132 Å². The Kier molecular flexibility index (Phi) is 4.44.